The molecule has 0 spiro atoms. The number of carbonyl (C=O) groups is 2. The molecule has 1 aromatic carbocycles. The summed E-state index contributed by atoms with van der Waals surface area (Å²) in [7, 11) is 1.46. The summed E-state index contributed by atoms with van der Waals surface area (Å²) in [6.45, 7) is 8.87. The summed E-state index contributed by atoms with van der Waals surface area (Å²) in [5.41, 5.74) is 2.42. The van der Waals surface area contributed by atoms with E-state index in [2.05, 4.69) is 27.0 Å². The first kappa shape index (κ1) is 23.5. The van der Waals surface area contributed by atoms with Crippen molar-refractivity contribution in [1.82, 2.24) is 19.7 Å². The lowest BCUT2D eigenvalue weighted by Crippen LogP contribution is -2.23. The molecule has 1 N–H and O–H groups in total. The van der Waals surface area contributed by atoms with Crippen LogP contribution in [-0.4, -0.2) is 51.9 Å². The first-order chi connectivity index (χ1) is 15.8. The molecule has 0 atom stereocenters. The molecule has 0 radical (unpaired) electrons. The number of benzene rings is 1. The Morgan fingerprint density at radius 1 is 1.06 bits per heavy atom. The maximum Gasteiger partial charge on any atom is 0.338 e. The van der Waals surface area contributed by atoms with Crippen molar-refractivity contribution in [2.75, 3.05) is 25.6 Å². The third-order valence-electron chi connectivity index (χ3n) is 4.35. The van der Waals surface area contributed by atoms with Crippen LogP contribution in [0.15, 0.2) is 43.0 Å². The molecule has 3 aromatic rings. The minimum Gasteiger partial charge on any atom is -0.493 e. The highest BCUT2D eigenvalue weighted by atomic mass is 16.5. The lowest BCUT2D eigenvalue weighted by atomic mass is 10.2. The standard InChI is InChI=1S/C23H25N5O5/c1-6-9-32-18-8-7-17(12-19(18)31-5)22(30)33-13-21(29)26-20-11-16(4)27-28(20)23-24-14(2)10-15(3)25-23/h6-8,10-12H,1,9,13H2,2-5H3,(H,26,29). The Bertz CT molecular complexity index is 1170. The van der Waals surface area contributed by atoms with E-state index in [0.29, 0.717) is 35.6 Å². The van der Waals surface area contributed by atoms with Gasteiger partial charge in [-0.3, -0.25) is 4.79 Å². The van der Waals surface area contributed by atoms with E-state index in [0.717, 1.165) is 11.4 Å². The molecule has 0 aliphatic rings. The highest BCUT2D eigenvalue weighted by Gasteiger charge is 2.17. The molecule has 0 unspecified atom stereocenters. The van der Waals surface area contributed by atoms with Crippen LogP contribution in [0.2, 0.25) is 0 Å². The number of rotatable bonds is 9. The third kappa shape index (κ3) is 5.94. The van der Waals surface area contributed by atoms with Crippen LogP contribution in [0.3, 0.4) is 0 Å². The summed E-state index contributed by atoms with van der Waals surface area (Å²) >= 11 is 0. The molecular formula is C23H25N5O5. The maximum atomic E-state index is 12.4. The molecule has 3 rings (SSSR count). The van der Waals surface area contributed by atoms with Crippen molar-refractivity contribution in [2.45, 2.75) is 20.8 Å². The Kier molecular flexibility index (Phi) is 7.39. The quantitative estimate of drug-likeness (QED) is 0.390. The highest BCUT2D eigenvalue weighted by Crippen LogP contribution is 2.28. The van der Waals surface area contributed by atoms with Gasteiger partial charge in [-0.15, -0.1) is 0 Å². The van der Waals surface area contributed by atoms with E-state index >= 15 is 0 Å². The molecule has 10 heteroatoms. The van der Waals surface area contributed by atoms with Crippen molar-refractivity contribution in [2.24, 2.45) is 0 Å². The number of carbonyl (C=O) groups excluding carboxylic acids is 2. The van der Waals surface area contributed by atoms with Crippen LogP contribution < -0.4 is 14.8 Å². The number of nitrogens with one attached hydrogen (secondary N) is 1. The minimum atomic E-state index is -0.680. The Hall–Kier alpha value is -4.21. The second kappa shape index (κ2) is 10.4. The number of methoxy groups -OCH3 is 1. The smallest absolute Gasteiger partial charge is 0.338 e. The van der Waals surface area contributed by atoms with Gasteiger partial charge in [0.2, 0.25) is 0 Å². The fourth-order valence-corrected chi connectivity index (χ4v) is 3.00. The molecular weight excluding hydrogens is 426 g/mol. The van der Waals surface area contributed by atoms with Crippen molar-refractivity contribution in [1.29, 1.82) is 0 Å². The Labute approximate surface area is 191 Å². The van der Waals surface area contributed by atoms with Crippen LogP contribution in [0.4, 0.5) is 5.82 Å². The molecule has 0 saturated heterocycles. The van der Waals surface area contributed by atoms with E-state index < -0.39 is 18.5 Å². The molecule has 2 heterocycles. The minimum absolute atomic E-state index is 0.218. The van der Waals surface area contributed by atoms with Gasteiger partial charge in [0.1, 0.15) is 12.4 Å². The number of aryl methyl sites for hydroxylation is 3. The monoisotopic (exact) mass is 451 g/mol. The first-order valence-corrected chi connectivity index (χ1v) is 10.1. The van der Waals surface area contributed by atoms with Crippen molar-refractivity contribution >= 4 is 17.7 Å². The molecule has 0 aliphatic carbocycles. The van der Waals surface area contributed by atoms with Crippen LogP contribution >= 0.6 is 0 Å². The Balaban J connectivity index is 1.66. The van der Waals surface area contributed by atoms with Crippen molar-refractivity contribution in [3.8, 4) is 17.4 Å². The first-order valence-electron chi connectivity index (χ1n) is 10.1. The number of hydrogen-bond donors (Lipinski definition) is 1. The number of aromatic nitrogens is 4. The predicted molar refractivity (Wildman–Crippen MR) is 121 cm³/mol. The van der Waals surface area contributed by atoms with Crippen LogP contribution in [0.25, 0.3) is 5.95 Å². The van der Waals surface area contributed by atoms with Gasteiger partial charge >= 0.3 is 5.97 Å². The SMILES string of the molecule is C=CCOc1ccc(C(=O)OCC(=O)Nc2cc(C)nn2-c2nc(C)cc(C)n2)cc1OC. The summed E-state index contributed by atoms with van der Waals surface area (Å²) in [6, 6.07) is 8.11. The van der Waals surface area contributed by atoms with Gasteiger partial charge in [0.15, 0.2) is 18.1 Å². The molecule has 2 aromatic heterocycles. The maximum absolute atomic E-state index is 12.4. The van der Waals surface area contributed by atoms with Gasteiger partial charge in [0.25, 0.3) is 11.9 Å². The van der Waals surface area contributed by atoms with E-state index in [-0.39, 0.29) is 5.56 Å². The predicted octanol–water partition coefficient (Wildman–Crippen LogP) is 2.96. The van der Waals surface area contributed by atoms with Gasteiger partial charge in [-0.1, -0.05) is 12.7 Å². The average molecular weight is 451 g/mol. The lowest BCUT2D eigenvalue weighted by Gasteiger charge is -2.11. The zero-order chi connectivity index (χ0) is 24.0. The summed E-state index contributed by atoms with van der Waals surface area (Å²) in [5, 5.41) is 7.03. The van der Waals surface area contributed by atoms with Crippen molar-refractivity contribution in [3.63, 3.8) is 0 Å². The summed E-state index contributed by atoms with van der Waals surface area (Å²) in [5.74, 6) is 0.308. The van der Waals surface area contributed by atoms with E-state index in [4.69, 9.17) is 14.2 Å². The van der Waals surface area contributed by atoms with Crippen LogP contribution in [0, 0.1) is 20.8 Å². The van der Waals surface area contributed by atoms with Crippen LogP contribution in [0.1, 0.15) is 27.4 Å². The van der Waals surface area contributed by atoms with E-state index in [1.54, 1.807) is 25.1 Å². The number of amides is 1. The van der Waals surface area contributed by atoms with Gasteiger partial charge in [-0.25, -0.2) is 14.8 Å². The van der Waals surface area contributed by atoms with Gasteiger partial charge in [-0.05, 0) is 45.0 Å². The van der Waals surface area contributed by atoms with Crippen molar-refractivity contribution < 1.29 is 23.8 Å². The molecule has 0 bridgehead atoms. The zero-order valence-corrected chi connectivity index (χ0v) is 18.9. The second-order valence-corrected chi connectivity index (χ2v) is 7.12. The average Bonchev–Trinajstić information content (AvgIpc) is 3.15. The highest BCUT2D eigenvalue weighted by molar-refractivity contribution is 5.95. The van der Waals surface area contributed by atoms with Crippen LogP contribution in [0.5, 0.6) is 11.5 Å². The number of anilines is 1. The lowest BCUT2D eigenvalue weighted by molar-refractivity contribution is -0.119. The zero-order valence-electron chi connectivity index (χ0n) is 18.9. The van der Waals surface area contributed by atoms with Gasteiger partial charge in [0.05, 0.1) is 18.4 Å². The van der Waals surface area contributed by atoms with Gasteiger partial charge in [0, 0.05) is 17.5 Å². The normalized spacial score (nSPS) is 10.4. The topological polar surface area (TPSA) is 117 Å². The molecule has 1 amide bonds. The van der Waals surface area contributed by atoms with Gasteiger partial charge in [-0.2, -0.15) is 9.78 Å². The Morgan fingerprint density at radius 3 is 2.45 bits per heavy atom. The summed E-state index contributed by atoms with van der Waals surface area (Å²) in [4.78, 5) is 33.6. The van der Waals surface area contributed by atoms with E-state index in [1.807, 2.05) is 19.9 Å². The third-order valence-corrected chi connectivity index (χ3v) is 4.35. The molecule has 0 saturated carbocycles. The summed E-state index contributed by atoms with van der Waals surface area (Å²) in [6.07, 6.45) is 1.60. The number of ether oxygens (including phenoxy) is 3. The molecule has 0 fully saturated rings. The van der Waals surface area contributed by atoms with Gasteiger partial charge < -0.3 is 19.5 Å². The van der Waals surface area contributed by atoms with Crippen molar-refractivity contribution in [3.05, 3.63) is 65.6 Å². The Morgan fingerprint density at radius 2 is 1.79 bits per heavy atom. The number of hydrogen-bond acceptors (Lipinski definition) is 8. The van der Waals surface area contributed by atoms with Crippen LogP contribution in [-0.2, 0) is 9.53 Å². The van der Waals surface area contributed by atoms with E-state index in [1.165, 1.54) is 23.9 Å². The fourth-order valence-electron chi connectivity index (χ4n) is 3.00. The number of esters is 1. The number of nitrogens with zero attached hydrogens (tertiary/aromatic N) is 4. The molecule has 33 heavy (non-hydrogen) atoms. The molecule has 0 aliphatic heterocycles. The summed E-state index contributed by atoms with van der Waals surface area (Å²) < 4.78 is 17.3. The largest absolute Gasteiger partial charge is 0.493 e. The van der Waals surface area contributed by atoms with E-state index in [9.17, 15) is 9.59 Å². The molecule has 172 valence electrons. The second-order valence-electron chi connectivity index (χ2n) is 7.12. The fraction of sp³-hybridized carbons (Fsp3) is 0.261. The molecule has 10 nitrogen and oxygen atoms in total.